The number of carboxylic acids is 1. The molecule has 0 radical (unpaired) electrons. The van der Waals surface area contributed by atoms with Gasteiger partial charge in [-0.05, 0) is 6.42 Å². The van der Waals surface area contributed by atoms with Crippen molar-refractivity contribution in [3.8, 4) is 0 Å². The second-order valence-electron chi connectivity index (χ2n) is 4.05. The number of thioether (sulfide) groups is 1. The van der Waals surface area contributed by atoms with Crippen LogP contribution in [0.4, 0.5) is 0 Å². The zero-order valence-corrected chi connectivity index (χ0v) is 11.8. The third kappa shape index (κ3) is 2.93. The Kier molecular flexibility index (Phi) is 4.82. The number of rotatable bonds is 5. The SMILES string of the molecule is CCCC1SCC(C(=O)O)N1S(=O)(=O)N(C)C. The van der Waals surface area contributed by atoms with E-state index < -0.39 is 22.2 Å². The maximum atomic E-state index is 12.1. The van der Waals surface area contributed by atoms with Crippen LogP contribution in [-0.4, -0.2) is 59.4 Å². The Balaban J connectivity index is 3.05. The first-order valence-electron chi connectivity index (χ1n) is 5.37. The van der Waals surface area contributed by atoms with Gasteiger partial charge in [-0.1, -0.05) is 13.3 Å². The first-order chi connectivity index (χ1) is 7.82. The Morgan fingerprint density at radius 1 is 1.53 bits per heavy atom. The van der Waals surface area contributed by atoms with Crippen LogP contribution < -0.4 is 0 Å². The molecule has 0 aromatic rings. The Bertz CT molecular complexity index is 382. The average molecular weight is 282 g/mol. The van der Waals surface area contributed by atoms with E-state index in [4.69, 9.17) is 5.11 Å². The number of carbonyl (C=O) groups is 1. The van der Waals surface area contributed by atoms with Crippen LogP contribution in [0.3, 0.4) is 0 Å². The van der Waals surface area contributed by atoms with E-state index in [1.807, 2.05) is 6.92 Å². The molecule has 2 atom stereocenters. The molecule has 8 heteroatoms. The number of hydrogen-bond acceptors (Lipinski definition) is 4. The average Bonchev–Trinajstić information content (AvgIpc) is 2.62. The summed E-state index contributed by atoms with van der Waals surface area (Å²) < 4.78 is 26.4. The summed E-state index contributed by atoms with van der Waals surface area (Å²) in [5, 5.41) is 8.81. The van der Waals surface area contributed by atoms with Crippen molar-refractivity contribution in [1.29, 1.82) is 0 Å². The maximum absolute atomic E-state index is 12.1. The molecule has 100 valence electrons. The summed E-state index contributed by atoms with van der Waals surface area (Å²) in [6.07, 6.45) is 1.49. The van der Waals surface area contributed by atoms with E-state index in [1.54, 1.807) is 0 Å². The maximum Gasteiger partial charge on any atom is 0.322 e. The second-order valence-corrected chi connectivity index (χ2v) is 7.31. The third-order valence-electron chi connectivity index (χ3n) is 2.59. The van der Waals surface area contributed by atoms with Crippen LogP contribution in [-0.2, 0) is 15.0 Å². The van der Waals surface area contributed by atoms with E-state index in [-0.39, 0.29) is 5.37 Å². The van der Waals surface area contributed by atoms with Crippen molar-refractivity contribution in [1.82, 2.24) is 8.61 Å². The minimum Gasteiger partial charge on any atom is -0.480 e. The van der Waals surface area contributed by atoms with E-state index in [0.717, 1.165) is 15.0 Å². The quantitative estimate of drug-likeness (QED) is 0.791. The molecule has 0 amide bonds. The fraction of sp³-hybridized carbons (Fsp3) is 0.889. The summed E-state index contributed by atoms with van der Waals surface area (Å²) in [5.41, 5.74) is 0. The first kappa shape index (κ1) is 14.7. The molecule has 1 fully saturated rings. The predicted molar refractivity (Wildman–Crippen MR) is 67.0 cm³/mol. The van der Waals surface area contributed by atoms with Crippen molar-refractivity contribution in [2.75, 3.05) is 19.8 Å². The summed E-state index contributed by atoms with van der Waals surface area (Å²) in [4.78, 5) is 11.1. The van der Waals surface area contributed by atoms with Crippen molar-refractivity contribution in [3.05, 3.63) is 0 Å². The van der Waals surface area contributed by atoms with Gasteiger partial charge in [-0.25, -0.2) is 0 Å². The topological polar surface area (TPSA) is 77.9 Å². The number of aliphatic carboxylic acids is 1. The Hall–Kier alpha value is -0.310. The molecule has 0 bridgehead atoms. The van der Waals surface area contributed by atoms with Crippen LogP contribution >= 0.6 is 11.8 Å². The fourth-order valence-corrected chi connectivity index (χ4v) is 4.96. The smallest absolute Gasteiger partial charge is 0.322 e. The predicted octanol–water partition coefficient (Wildman–Crippen LogP) is 0.421. The molecule has 1 N–H and O–H groups in total. The lowest BCUT2D eigenvalue weighted by Crippen LogP contribution is -2.50. The normalized spacial score (nSPS) is 26.6. The van der Waals surface area contributed by atoms with Crippen molar-refractivity contribution in [2.45, 2.75) is 31.2 Å². The van der Waals surface area contributed by atoms with E-state index in [1.165, 1.54) is 25.9 Å². The number of hydrogen-bond donors (Lipinski definition) is 1. The van der Waals surface area contributed by atoms with Crippen LogP contribution in [0.5, 0.6) is 0 Å². The van der Waals surface area contributed by atoms with Gasteiger partial charge in [0.1, 0.15) is 6.04 Å². The standard InChI is InChI=1S/C9H18N2O4S2/c1-4-5-8-11(17(14,15)10(2)3)7(6-16-8)9(12)13/h7-8H,4-6H2,1-3H3,(H,12,13). The van der Waals surface area contributed by atoms with Gasteiger partial charge in [0.25, 0.3) is 10.2 Å². The lowest BCUT2D eigenvalue weighted by atomic mass is 10.3. The molecular formula is C9H18N2O4S2. The molecule has 1 rings (SSSR count). The van der Waals surface area contributed by atoms with Gasteiger partial charge in [-0.3, -0.25) is 4.79 Å². The van der Waals surface area contributed by atoms with E-state index >= 15 is 0 Å². The lowest BCUT2D eigenvalue weighted by Gasteiger charge is -2.28. The highest BCUT2D eigenvalue weighted by Gasteiger charge is 2.46. The van der Waals surface area contributed by atoms with Gasteiger partial charge in [0.2, 0.25) is 0 Å². The summed E-state index contributed by atoms with van der Waals surface area (Å²) in [6.45, 7) is 1.95. The van der Waals surface area contributed by atoms with Crippen molar-refractivity contribution in [3.63, 3.8) is 0 Å². The Morgan fingerprint density at radius 2 is 2.12 bits per heavy atom. The molecular weight excluding hydrogens is 264 g/mol. The van der Waals surface area contributed by atoms with Gasteiger partial charge < -0.3 is 5.11 Å². The summed E-state index contributed by atoms with van der Waals surface area (Å²) in [5.74, 6) is -0.769. The zero-order valence-electron chi connectivity index (χ0n) is 10.2. The number of nitrogens with zero attached hydrogens (tertiary/aromatic N) is 2. The van der Waals surface area contributed by atoms with Crippen LogP contribution in [0.25, 0.3) is 0 Å². The van der Waals surface area contributed by atoms with Gasteiger partial charge in [0, 0.05) is 19.8 Å². The molecule has 0 spiro atoms. The monoisotopic (exact) mass is 282 g/mol. The van der Waals surface area contributed by atoms with Gasteiger partial charge in [-0.2, -0.15) is 17.0 Å². The summed E-state index contributed by atoms with van der Waals surface area (Å²) in [7, 11) is -0.843. The molecule has 6 nitrogen and oxygen atoms in total. The fourth-order valence-electron chi connectivity index (χ4n) is 1.69. The minimum absolute atomic E-state index is 0.270. The summed E-state index contributed by atoms with van der Waals surface area (Å²) in [6, 6.07) is -0.955. The number of carboxylic acid groups (broad SMARTS) is 1. The highest BCUT2D eigenvalue weighted by atomic mass is 32.2. The lowest BCUT2D eigenvalue weighted by molar-refractivity contribution is -0.140. The molecule has 0 saturated carbocycles. The van der Waals surface area contributed by atoms with Gasteiger partial charge in [-0.15, -0.1) is 11.8 Å². The van der Waals surface area contributed by atoms with E-state index in [9.17, 15) is 13.2 Å². The molecule has 0 aliphatic carbocycles. The van der Waals surface area contributed by atoms with Crippen molar-refractivity contribution < 1.29 is 18.3 Å². The van der Waals surface area contributed by atoms with Gasteiger partial charge in [0.05, 0.1) is 5.37 Å². The summed E-state index contributed by atoms with van der Waals surface area (Å²) >= 11 is 1.40. The van der Waals surface area contributed by atoms with Crippen molar-refractivity contribution in [2.24, 2.45) is 0 Å². The van der Waals surface area contributed by atoms with E-state index in [2.05, 4.69) is 0 Å². The second kappa shape index (κ2) is 5.55. The Labute approximate surface area is 106 Å². The molecule has 0 aromatic carbocycles. The minimum atomic E-state index is -3.68. The third-order valence-corrected chi connectivity index (χ3v) is 6.04. The van der Waals surface area contributed by atoms with Crippen LogP contribution in [0.2, 0.25) is 0 Å². The van der Waals surface area contributed by atoms with Crippen LogP contribution in [0, 0.1) is 0 Å². The highest BCUT2D eigenvalue weighted by Crippen LogP contribution is 2.35. The van der Waals surface area contributed by atoms with Gasteiger partial charge in [0.15, 0.2) is 0 Å². The molecule has 1 aliphatic heterocycles. The zero-order chi connectivity index (χ0) is 13.2. The van der Waals surface area contributed by atoms with E-state index in [0.29, 0.717) is 12.2 Å². The molecule has 1 aliphatic rings. The molecule has 2 unspecified atom stereocenters. The van der Waals surface area contributed by atoms with Crippen LogP contribution in [0.1, 0.15) is 19.8 Å². The first-order valence-corrected chi connectivity index (χ1v) is 7.82. The van der Waals surface area contributed by atoms with Crippen LogP contribution in [0.15, 0.2) is 0 Å². The van der Waals surface area contributed by atoms with Crippen molar-refractivity contribution >= 4 is 27.9 Å². The van der Waals surface area contributed by atoms with Gasteiger partial charge >= 0.3 is 5.97 Å². The molecule has 1 heterocycles. The molecule has 17 heavy (non-hydrogen) atoms. The molecule has 0 aromatic heterocycles. The molecule has 1 saturated heterocycles. The highest BCUT2D eigenvalue weighted by molar-refractivity contribution is 8.01. The largest absolute Gasteiger partial charge is 0.480 e. The Morgan fingerprint density at radius 3 is 2.53 bits per heavy atom.